The summed E-state index contributed by atoms with van der Waals surface area (Å²) in [5, 5.41) is 3.10. The van der Waals surface area contributed by atoms with E-state index in [0.29, 0.717) is 30.1 Å². The Kier molecular flexibility index (Phi) is 6.62. The number of carbonyl (C=O) groups excluding carboxylic acids is 2. The smallest absolute Gasteiger partial charge is 0.407 e. The standard InChI is InChI=1S/C17H20N2O4S/c1-2-22-16(20)14-10-13(24-15(14)18)8-9-19-17(21)23-11-12-6-4-3-5-7-12/h3-7,10H,2,8-9,11,18H2,1H3,(H,19,21). The van der Waals surface area contributed by atoms with Crippen molar-refractivity contribution in [2.75, 3.05) is 18.9 Å². The van der Waals surface area contributed by atoms with Gasteiger partial charge in [0.15, 0.2) is 0 Å². The fourth-order valence-electron chi connectivity index (χ4n) is 2.01. The summed E-state index contributed by atoms with van der Waals surface area (Å²) in [6, 6.07) is 11.2. The molecule has 3 N–H and O–H groups in total. The van der Waals surface area contributed by atoms with E-state index in [-0.39, 0.29) is 6.61 Å². The van der Waals surface area contributed by atoms with Crippen LogP contribution in [-0.4, -0.2) is 25.2 Å². The second kappa shape index (κ2) is 8.93. The molecule has 1 aromatic heterocycles. The van der Waals surface area contributed by atoms with E-state index in [2.05, 4.69) is 5.32 Å². The normalized spacial score (nSPS) is 10.2. The summed E-state index contributed by atoms with van der Waals surface area (Å²) in [6.07, 6.45) is 0.0864. The molecular weight excluding hydrogens is 328 g/mol. The summed E-state index contributed by atoms with van der Waals surface area (Å²) in [5.74, 6) is -0.423. The second-order valence-corrected chi connectivity index (χ2v) is 6.12. The molecule has 2 aromatic rings. The number of anilines is 1. The molecule has 0 spiro atoms. The number of alkyl carbamates (subject to hydrolysis) is 1. The van der Waals surface area contributed by atoms with Gasteiger partial charge < -0.3 is 20.5 Å². The van der Waals surface area contributed by atoms with Gasteiger partial charge in [-0.2, -0.15) is 0 Å². The summed E-state index contributed by atoms with van der Waals surface area (Å²) in [6.45, 7) is 2.67. The van der Waals surface area contributed by atoms with Crippen molar-refractivity contribution in [3.8, 4) is 0 Å². The lowest BCUT2D eigenvalue weighted by atomic mass is 10.2. The van der Waals surface area contributed by atoms with E-state index < -0.39 is 12.1 Å². The first-order chi connectivity index (χ1) is 11.6. The van der Waals surface area contributed by atoms with Crippen molar-refractivity contribution in [3.05, 3.63) is 52.4 Å². The quantitative estimate of drug-likeness (QED) is 0.751. The van der Waals surface area contributed by atoms with E-state index in [9.17, 15) is 9.59 Å². The average molecular weight is 348 g/mol. The first-order valence-corrected chi connectivity index (χ1v) is 8.41. The molecule has 24 heavy (non-hydrogen) atoms. The third kappa shape index (κ3) is 5.27. The Balaban J connectivity index is 1.74. The lowest BCUT2D eigenvalue weighted by molar-refractivity contribution is 0.0528. The minimum Gasteiger partial charge on any atom is -0.462 e. The van der Waals surface area contributed by atoms with Crippen molar-refractivity contribution in [1.82, 2.24) is 5.32 Å². The number of hydrogen-bond acceptors (Lipinski definition) is 6. The number of thiophene rings is 1. The second-order valence-electron chi connectivity index (χ2n) is 4.95. The van der Waals surface area contributed by atoms with Crippen molar-refractivity contribution in [2.24, 2.45) is 0 Å². The fourth-order valence-corrected chi connectivity index (χ4v) is 2.93. The van der Waals surface area contributed by atoms with Crippen LogP contribution in [0.5, 0.6) is 0 Å². The number of ether oxygens (including phenoxy) is 2. The molecule has 0 fully saturated rings. The summed E-state index contributed by atoms with van der Waals surface area (Å²) >= 11 is 1.32. The van der Waals surface area contributed by atoms with Crippen LogP contribution in [0.3, 0.4) is 0 Å². The zero-order valence-electron chi connectivity index (χ0n) is 13.4. The molecule has 0 atom stereocenters. The predicted octanol–water partition coefficient (Wildman–Crippen LogP) is 2.98. The molecule has 2 rings (SSSR count). The lowest BCUT2D eigenvalue weighted by Gasteiger charge is -2.06. The van der Waals surface area contributed by atoms with Crippen LogP contribution in [-0.2, 0) is 22.5 Å². The highest BCUT2D eigenvalue weighted by Crippen LogP contribution is 2.26. The van der Waals surface area contributed by atoms with Crippen LogP contribution < -0.4 is 11.1 Å². The van der Waals surface area contributed by atoms with Crippen LogP contribution >= 0.6 is 11.3 Å². The molecule has 1 amide bonds. The minimum atomic E-state index is -0.478. The number of hydrogen-bond donors (Lipinski definition) is 2. The molecule has 7 heteroatoms. The Labute approximate surface area is 144 Å². The number of amides is 1. The highest BCUT2D eigenvalue weighted by atomic mass is 32.1. The van der Waals surface area contributed by atoms with Gasteiger partial charge >= 0.3 is 12.1 Å². The molecule has 1 aromatic carbocycles. The summed E-state index contributed by atoms with van der Waals surface area (Å²) in [7, 11) is 0. The zero-order valence-corrected chi connectivity index (χ0v) is 14.2. The molecule has 0 aliphatic heterocycles. The molecule has 0 radical (unpaired) electrons. The Morgan fingerprint density at radius 1 is 1.21 bits per heavy atom. The molecule has 6 nitrogen and oxygen atoms in total. The molecule has 0 saturated heterocycles. The van der Waals surface area contributed by atoms with Gasteiger partial charge in [-0.3, -0.25) is 0 Å². The number of esters is 1. The maximum absolute atomic E-state index is 11.7. The van der Waals surface area contributed by atoms with Gasteiger partial charge in [-0.05, 0) is 25.0 Å². The Hall–Kier alpha value is -2.54. The maximum Gasteiger partial charge on any atom is 0.407 e. The zero-order chi connectivity index (χ0) is 17.4. The number of rotatable bonds is 7. The van der Waals surface area contributed by atoms with Gasteiger partial charge in [-0.1, -0.05) is 30.3 Å². The summed E-state index contributed by atoms with van der Waals surface area (Å²) in [5.41, 5.74) is 7.13. The van der Waals surface area contributed by atoms with Crippen LogP contribution in [0.2, 0.25) is 0 Å². The largest absolute Gasteiger partial charge is 0.462 e. The fraction of sp³-hybridized carbons (Fsp3) is 0.294. The Morgan fingerprint density at radius 2 is 1.96 bits per heavy atom. The predicted molar refractivity (Wildman–Crippen MR) is 93.0 cm³/mol. The highest BCUT2D eigenvalue weighted by molar-refractivity contribution is 7.16. The topological polar surface area (TPSA) is 90.6 Å². The molecule has 0 saturated carbocycles. The SMILES string of the molecule is CCOC(=O)c1cc(CCNC(=O)OCc2ccccc2)sc1N. The molecular formula is C17H20N2O4S. The molecule has 0 aliphatic rings. The average Bonchev–Trinajstić information content (AvgIpc) is 2.95. The highest BCUT2D eigenvalue weighted by Gasteiger charge is 2.15. The van der Waals surface area contributed by atoms with Gasteiger partial charge in [0, 0.05) is 11.4 Å². The Bertz CT molecular complexity index is 685. The van der Waals surface area contributed by atoms with Crippen molar-refractivity contribution in [3.63, 3.8) is 0 Å². The van der Waals surface area contributed by atoms with Crippen LogP contribution in [0.4, 0.5) is 9.80 Å². The van der Waals surface area contributed by atoms with Crippen molar-refractivity contribution in [1.29, 1.82) is 0 Å². The van der Waals surface area contributed by atoms with Gasteiger partial charge in [0.2, 0.25) is 0 Å². The van der Waals surface area contributed by atoms with Gasteiger partial charge in [-0.25, -0.2) is 9.59 Å². The number of nitrogen functional groups attached to an aromatic ring is 1. The third-order valence-corrected chi connectivity index (χ3v) is 4.18. The first kappa shape index (κ1) is 17.8. The molecule has 0 unspecified atom stereocenters. The van der Waals surface area contributed by atoms with Gasteiger partial charge in [0.05, 0.1) is 12.2 Å². The van der Waals surface area contributed by atoms with E-state index in [1.807, 2.05) is 30.3 Å². The first-order valence-electron chi connectivity index (χ1n) is 7.60. The van der Waals surface area contributed by atoms with Crippen LogP contribution in [0.25, 0.3) is 0 Å². The van der Waals surface area contributed by atoms with E-state index in [4.69, 9.17) is 15.2 Å². The van der Waals surface area contributed by atoms with Crippen LogP contribution in [0.15, 0.2) is 36.4 Å². The summed E-state index contributed by atoms with van der Waals surface area (Å²) in [4.78, 5) is 24.2. The number of benzene rings is 1. The monoisotopic (exact) mass is 348 g/mol. The molecule has 128 valence electrons. The van der Waals surface area contributed by atoms with Crippen molar-refractivity contribution >= 4 is 28.4 Å². The maximum atomic E-state index is 11.7. The Morgan fingerprint density at radius 3 is 2.67 bits per heavy atom. The van der Waals surface area contributed by atoms with Gasteiger partial charge in [0.1, 0.15) is 11.6 Å². The van der Waals surface area contributed by atoms with Crippen molar-refractivity contribution in [2.45, 2.75) is 20.0 Å². The summed E-state index contributed by atoms with van der Waals surface area (Å²) < 4.78 is 10.1. The number of nitrogens with one attached hydrogen (secondary N) is 1. The third-order valence-electron chi connectivity index (χ3n) is 3.16. The molecule has 0 bridgehead atoms. The van der Waals surface area contributed by atoms with Crippen LogP contribution in [0, 0.1) is 0 Å². The lowest BCUT2D eigenvalue weighted by Crippen LogP contribution is -2.26. The van der Waals surface area contributed by atoms with E-state index >= 15 is 0 Å². The van der Waals surface area contributed by atoms with Crippen LogP contribution in [0.1, 0.15) is 27.7 Å². The van der Waals surface area contributed by atoms with E-state index in [0.717, 1.165) is 10.4 Å². The minimum absolute atomic E-state index is 0.228. The van der Waals surface area contributed by atoms with E-state index in [1.54, 1.807) is 13.0 Å². The molecule has 0 aliphatic carbocycles. The molecule has 1 heterocycles. The van der Waals surface area contributed by atoms with Gasteiger partial charge in [-0.15, -0.1) is 11.3 Å². The number of carbonyl (C=O) groups is 2. The van der Waals surface area contributed by atoms with E-state index in [1.165, 1.54) is 11.3 Å². The van der Waals surface area contributed by atoms with Gasteiger partial charge in [0.25, 0.3) is 0 Å². The van der Waals surface area contributed by atoms with Crippen molar-refractivity contribution < 1.29 is 19.1 Å². The number of nitrogens with two attached hydrogens (primary N) is 1.